The van der Waals surface area contributed by atoms with Crippen molar-refractivity contribution in [3.8, 4) is 17.4 Å². The first-order chi connectivity index (χ1) is 19.9. The van der Waals surface area contributed by atoms with Gasteiger partial charge in [0.2, 0.25) is 11.8 Å². The molecule has 2 aromatic carbocycles. The van der Waals surface area contributed by atoms with Gasteiger partial charge in [-0.25, -0.2) is 13.8 Å². The Hall–Kier alpha value is -4.33. The lowest BCUT2D eigenvalue weighted by Crippen LogP contribution is -2.51. The van der Waals surface area contributed by atoms with Gasteiger partial charge in [0.25, 0.3) is 5.91 Å². The second kappa shape index (κ2) is 11.5. The van der Waals surface area contributed by atoms with Crippen molar-refractivity contribution in [3.63, 3.8) is 0 Å². The Labute approximate surface area is 237 Å². The third-order valence-electron chi connectivity index (χ3n) is 7.12. The predicted molar refractivity (Wildman–Crippen MR) is 141 cm³/mol. The van der Waals surface area contributed by atoms with Crippen LogP contribution in [0.5, 0.6) is 17.4 Å². The van der Waals surface area contributed by atoms with Crippen LogP contribution in [0.25, 0.3) is 0 Å². The fourth-order valence-electron chi connectivity index (χ4n) is 4.94. The Morgan fingerprint density at radius 2 is 1.95 bits per heavy atom. The Morgan fingerprint density at radius 1 is 1.17 bits per heavy atom. The number of benzene rings is 2. The third-order valence-corrected chi connectivity index (χ3v) is 7.12. The molecule has 1 aromatic heterocycles. The van der Waals surface area contributed by atoms with Gasteiger partial charge in [-0.1, -0.05) is 12.1 Å². The molecule has 3 aromatic rings. The zero-order valence-electron chi connectivity index (χ0n) is 22.5. The maximum atomic E-state index is 15.1. The molecule has 2 N–H and O–H groups in total. The average molecular weight is 592 g/mol. The number of nitrogens with zero attached hydrogens (tertiary/aromatic N) is 3. The number of carbonyl (C=O) groups is 2. The summed E-state index contributed by atoms with van der Waals surface area (Å²) in [5.74, 6) is -3.52. The molecule has 2 atom stereocenters. The van der Waals surface area contributed by atoms with Gasteiger partial charge in [0.05, 0.1) is 30.0 Å². The number of methoxy groups -OCH3 is 1. The minimum Gasteiger partial charge on any atom is -0.495 e. The molecule has 1 saturated heterocycles. The second-order valence-corrected chi connectivity index (χ2v) is 10.0. The normalized spacial score (nSPS) is 18.9. The Balaban J connectivity index is 1.42. The second-order valence-electron chi connectivity index (χ2n) is 10.0. The highest BCUT2D eigenvalue weighted by molar-refractivity contribution is 6.03. The number of carbonyl (C=O) groups excluding carboxylic acids is 2. The van der Waals surface area contributed by atoms with Crippen molar-refractivity contribution in [2.75, 3.05) is 32.6 Å². The molecule has 2 heterocycles. The summed E-state index contributed by atoms with van der Waals surface area (Å²) in [7, 11) is 2.99. The number of rotatable bonds is 7. The summed E-state index contributed by atoms with van der Waals surface area (Å²) in [6.45, 7) is 0.684. The Morgan fingerprint density at radius 3 is 2.67 bits per heavy atom. The fourth-order valence-corrected chi connectivity index (χ4v) is 4.94. The van der Waals surface area contributed by atoms with E-state index in [1.807, 2.05) is 0 Å². The number of anilines is 2. The third kappa shape index (κ3) is 5.98. The van der Waals surface area contributed by atoms with E-state index in [-0.39, 0.29) is 41.5 Å². The Bertz CT molecular complexity index is 1530. The van der Waals surface area contributed by atoms with Gasteiger partial charge in [0.15, 0.2) is 5.78 Å². The largest absolute Gasteiger partial charge is 0.495 e. The molecule has 1 fully saturated rings. The Kier molecular flexibility index (Phi) is 7.99. The number of likely N-dealkylation sites (tertiary alicyclic amines) is 1. The molecule has 222 valence electrons. The van der Waals surface area contributed by atoms with Crippen molar-refractivity contribution >= 4 is 23.3 Å². The highest BCUT2D eigenvalue weighted by Crippen LogP contribution is 2.40. The number of fused-ring (bicyclic) bond motifs is 1. The van der Waals surface area contributed by atoms with Crippen LogP contribution in [0.2, 0.25) is 0 Å². The summed E-state index contributed by atoms with van der Waals surface area (Å²) in [6, 6.07) is 5.80. The number of aryl methyl sites for hydroxylation is 1. The zero-order chi connectivity index (χ0) is 30.2. The summed E-state index contributed by atoms with van der Waals surface area (Å²) < 4.78 is 81.6. The molecular weight excluding hydrogens is 565 g/mol. The van der Waals surface area contributed by atoms with Crippen molar-refractivity contribution < 1.29 is 41.0 Å². The van der Waals surface area contributed by atoms with Crippen LogP contribution in [-0.4, -0.2) is 66.0 Å². The summed E-state index contributed by atoms with van der Waals surface area (Å²) >= 11 is 0. The quantitative estimate of drug-likeness (QED) is 0.367. The molecule has 1 aliphatic carbocycles. The standard InChI is InChI=1S/C28H26F5N5O4/c1-38-9-8-19(18(30)13-38)35-25(40)15-10-23(41-2)20(11-17(15)29)36-27-34-12-16(28(31,32)33)26(37-27)42-22-5-3-4-14-6-7-21(39)24(14)22/h3-5,10-12,18-19H,6-9,13H2,1-2H3,(H,35,40)(H,34,36,37)/t18-,19?/m0/s1. The van der Waals surface area contributed by atoms with Gasteiger partial charge in [-0.15, -0.1) is 0 Å². The number of ether oxygens (including phenoxy) is 2. The molecule has 14 heteroatoms. The van der Waals surface area contributed by atoms with Crippen LogP contribution in [0.4, 0.5) is 33.6 Å². The van der Waals surface area contributed by atoms with Crippen LogP contribution >= 0.6 is 0 Å². The maximum Gasteiger partial charge on any atom is 0.423 e. The molecule has 5 rings (SSSR count). The van der Waals surface area contributed by atoms with E-state index in [2.05, 4.69) is 20.6 Å². The highest BCUT2D eigenvalue weighted by atomic mass is 19.4. The number of hydrogen-bond acceptors (Lipinski definition) is 8. The van der Waals surface area contributed by atoms with Crippen molar-refractivity contribution in [1.82, 2.24) is 20.2 Å². The van der Waals surface area contributed by atoms with E-state index in [4.69, 9.17) is 9.47 Å². The van der Waals surface area contributed by atoms with Gasteiger partial charge in [0, 0.05) is 31.8 Å². The van der Waals surface area contributed by atoms with E-state index in [9.17, 15) is 27.2 Å². The van der Waals surface area contributed by atoms with E-state index < -0.39 is 53.1 Å². The van der Waals surface area contributed by atoms with E-state index in [0.717, 1.165) is 12.1 Å². The van der Waals surface area contributed by atoms with Gasteiger partial charge in [0.1, 0.15) is 29.1 Å². The van der Waals surface area contributed by atoms with Crippen LogP contribution in [0.1, 0.15) is 44.7 Å². The summed E-state index contributed by atoms with van der Waals surface area (Å²) in [5, 5.41) is 5.10. The van der Waals surface area contributed by atoms with Gasteiger partial charge in [-0.3, -0.25) is 9.59 Å². The minimum absolute atomic E-state index is 0.0563. The first-order valence-electron chi connectivity index (χ1n) is 13.0. The number of amides is 1. The summed E-state index contributed by atoms with van der Waals surface area (Å²) in [4.78, 5) is 34.4. The number of alkyl halides is 4. The van der Waals surface area contributed by atoms with Crippen LogP contribution in [0.3, 0.4) is 0 Å². The maximum absolute atomic E-state index is 15.1. The molecular formula is C28H26F5N5O4. The molecule has 1 aliphatic heterocycles. The number of Topliss-reactive ketones (excluding diaryl/α,β-unsaturated/α-hetero) is 1. The summed E-state index contributed by atoms with van der Waals surface area (Å²) in [5.41, 5.74) is -0.961. The van der Waals surface area contributed by atoms with Crippen molar-refractivity contribution in [2.24, 2.45) is 0 Å². The molecule has 0 bridgehead atoms. The molecule has 1 amide bonds. The predicted octanol–water partition coefficient (Wildman–Crippen LogP) is 5.08. The monoisotopic (exact) mass is 591 g/mol. The van der Waals surface area contributed by atoms with Crippen LogP contribution in [0, 0.1) is 5.82 Å². The SMILES string of the molecule is COc1cc(C(=O)NC2CCN(C)C[C@@H]2F)c(F)cc1Nc1ncc(C(F)(F)F)c(Oc2cccc3c2C(=O)CC3)n1. The van der Waals surface area contributed by atoms with E-state index in [1.54, 1.807) is 24.1 Å². The number of hydrogen-bond donors (Lipinski definition) is 2. The van der Waals surface area contributed by atoms with Gasteiger partial charge >= 0.3 is 6.18 Å². The van der Waals surface area contributed by atoms with Crippen molar-refractivity contribution in [1.29, 1.82) is 0 Å². The molecule has 42 heavy (non-hydrogen) atoms. The molecule has 0 saturated carbocycles. The lowest BCUT2D eigenvalue weighted by Gasteiger charge is -2.32. The number of aromatic nitrogens is 2. The number of halogens is 5. The number of piperidine rings is 1. The first-order valence-corrected chi connectivity index (χ1v) is 13.0. The number of nitrogens with one attached hydrogen (secondary N) is 2. The minimum atomic E-state index is -4.89. The first kappa shape index (κ1) is 29.2. The van der Waals surface area contributed by atoms with Crippen LogP contribution < -0.4 is 20.1 Å². The van der Waals surface area contributed by atoms with Crippen molar-refractivity contribution in [3.05, 3.63) is 64.6 Å². The van der Waals surface area contributed by atoms with Crippen LogP contribution in [-0.2, 0) is 12.6 Å². The lowest BCUT2D eigenvalue weighted by molar-refractivity contribution is -0.139. The molecule has 9 nitrogen and oxygen atoms in total. The van der Waals surface area contributed by atoms with Crippen LogP contribution in [0.15, 0.2) is 36.5 Å². The average Bonchev–Trinajstić information content (AvgIpc) is 3.31. The van der Waals surface area contributed by atoms with E-state index in [1.165, 1.54) is 13.2 Å². The number of ketones is 1. The molecule has 1 unspecified atom stereocenters. The lowest BCUT2D eigenvalue weighted by atomic mass is 10.0. The van der Waals surface area contributed by atoms with Gasteiger partial charge in [-0.05, 0) is 37.6 Å². The van der Waals surface area contributed by atoms with E-state index >= 15 is 4.39 Å². The van der Waals surface area contributed by atoms with Gasteiger partial charge < -0.3 is 25.0 Å². The van der Waals surface area contributed by atoms with Gasteiger partial charge in [-0.2, -0.15) is 18.2 Å². The van der Waals surface area contributed by atoms with E-state index in [0.29, 0.717) is 31.1 Å². The fraction of sp³-hybridized carbons (Fsp3) is 0.357. The highest BCUT2D eigenvalue weighted by Gasteiger charge is 2.37. The molecule has 0 spiro atoms. The topological polar surface area (TPSA) is 106 Å². The molecule has 2 aliphatic rings. The molecule has 0 radical (unpaired) electrons. The summed E-state index contributed by atoms with van der Waals surface area (Å²) in [6.07, 6.45) is -4.72. The smallest absolute Gasteiger partial charge is 0.423 e. The zero-order valence-corrected chi connectivity index (χ0v) is 22.5. The van der Waals surface area contributed by atoms with Crippen molar-refractivity contribution in [2.45, 2.75) is 37.7 Å².